The standard InChI is InChI=1S/C31H28N6O4/c1-40-31(39)22-11-9-21(10-12-22)30(38)36-17-5-6-23(19-36)37-29-26(18-33-37)27(32)34-28(35-29)20-13-15-25(16-14-20)41-24-7-3-2-4-8-24/h2-4,7-16,18,23H,5-6,17,19H2,1H3,(H2,32,34,35)/t23-/m1/s1. The molecule has 3 aromatic carbocycles. The normalized spacial score (nSPS) is 15.0. The van der Waals surface area contributed by atoms with E-state index < -0.39 is 5.97 Å². The largest absolute Gasteiger partial charge is 0.465 e. The average molecular weight is 549 g/mol. The number of carbonyl (C=O) groups is 2. The van der Waals surface area contributed by atoms with E-state index in [-0.39, 0.29) is 11.9 Å². The maximum absolute atomic E-state index is 13.3. The molecule has 206 valence electrons. The number of benzene rings is 3. The van der Waals surface area contributed by atoms with Crippen LogP contribution in [0.1, 0.15) is 39.6 Å². The summed E-state index contributed by atoms with van der Waals surface area (Å²) < 4.78 is 12.5. The number of hydrogen-bond acceptors (Lipinski definition) is 8. The molecule has 1 fully saturated rings. The van der Waals surface area contributed by atoms with Crippen LogP contribution < -0.4 is 10.5 Å². The highest BCUT2D eigenvalue weighted by molar-refractivity contribution is 5.96. The number of methoxy groups -OCH3 is 1. The van der Waals surface area contributed by atoms with Gasteiger partial charge in [0.15, 0.2) is 11.5 Å². The van der Waals surface area contributed by atoms with E-state index in [0.29, 0.717) is 52.6 Å². The summed E-state index contributed by atoms with van der Waals surface area (Å²) in [5, 5.41) is 5.27. The summed E-state index contributed by atoms with van der Waals surface area (Å²) in [7, 11) is 1.33. The fraction of sp³-hybridized carbons (Fsp3) is 0.194. The minimum Gasteiger partial charge on any atom is -0.465 e. The van der Waals surface area contributed by atoms with Gasteiger partial charge in [-0.05, 0) is 73.5 Å². The van der Waals surface area contributed by atoms with Crippen LogP contribution in [0, 0.1) is 0 Å². The van der Waals surface area contributed by atoms with Crippen LogP contribution in [-0.4, -0.2) is 56.7 Å². The molecule has 10 nitrogen and oxygen atoms in total. The lowest BCUT2D eigenvalue weighted by molar-refractivity contribution is 0.0598. The van der Waals surface area contributed by atoms with E-state index in [9.17, 15) is 9.59 Å². The number of carbonyl (C=O) groups excluding carboxylic acids is 2. The van der Waals surface area contributed by atoms with Crippen LogP contribution in [0.15, 0.2) is 85.1 Å². The SMILES string of the molecule is COC(=O)c1ccc(C(=O)N2CCC[C@@H](n3ncc4c(N)nc(-c5ccc(Oc6ccccc6)cc5)nc43)C2)cc1. The molecule has 3 heterocycles. The summed E-state index contributed by atoms with van der Waals surface area (Å²) in [6.07, 6.45) is 3.33. The number of nitrogens with zero attached hydrogens (tertiary/aromatic N) is 5. The summed E-state index contributed by atoms with van der Waals surface area (Å²) in [5.41, 5.74) is 8.67. The number of nitrogens with two attached hydrogens (primary N) is 1. The lowest BCUT2D eigenvalue weighted by Crippen LogP contribution is -2.41. The van der Waals surface area contributed by atoms with E-state index in [2.05, 4.69) is 10.1 Å². The Bertz CT molecular complexity index is 1700. The molecular formula is C31H28N6O4. The highest BCUT2D eigenvalue weighted by Gasteiger charge is 2.28. The van der Waals surface area contributed by atoms with Gasteiger partial charge in [0.2, 0.25) is 0 Å². The zero-order valence-electron chi connectivity index (χ0n) is 22.4. The molecule has 1 aliphatic rings. The molecule has 41 heavy (non-hydrogen) atoms. The van der Waals surface area contributed by atoms with Crippen LogP contribution in [0.3, 0.4) is 0 Å². The molecule has 2 aromatic heterocycles. The molecule has 5 aromatic rings. The van der Waals surface area contributed by atoms with Crippen LogP contribution in [0.25, 0.3) is 22.4 Å². The van der Waals surface area contributed by atoms with Crippen molar-refractivity contribution in [3.63, 3.8) is 0 Å². The number of piperidine rings is 1. The number of hydrogen-bond donors (Lipinski definition) is 1. The predicted octanol–water partition coefficient (Wildman–Crippen LogP) is 5.13. The number of rotatable bonds is 6. The first kappa shape index (κ1) is 26.0. The van der Waals surface area contributed by atoms with E-state index in [1.165, 1.54) is 7.11 Å². The van der Waals surface area contributed by atoms with Gasteiger partial charge in [-0.3, -0.25) is 4.79 Å². The minimum absolute atomic E-state index is 0.0802. The lowest BCUT2D eigenvalue weighted by Gasteiger charge is -2.33. The van der Waals surface area contributed by atoms with Gasteiger partial charge in [-0.2, -0.15) is 5.10 Å². The Morgan fingerprint density at radius 3 is 2.34 bits per heavy atom. The van der Waals surface area contributed by atoms with Crippen molar-refractivity contribution in [2.75, 3.05) is 25.9 Å². The van der Waals surface area contributed by atoms with E-state index in [1.54, 1.807) is 30.5 Å². The Kier molecular flexibility index (Phi) is 7.03. The highest BCUT2D eigenvalue weighted by Crippen LogP contribution is 2.30. The molecule has 0 spiro atoms. The van der Waals surface area contributed by atoms with Crippen molar-refractivity contribution in [2.45, 2.75) is 18.9 Å². The Morgan fingerprint density at radius 1 is 0.902 bits per heavy atom. The van der Waals surface area contributed by atoms with Crippen LogP contribution in [0.5, 0.6) is 11.5 Å². The zero-order chi connectivity index (χ0) is 28.3. The van der Waals surface area contributed by atoms with E-state index in [4.69, 9.17) is 20.2 Å². The first-order chi connectivity index (χ1) is 20.0. The lowest BCUT2D eigenvalue weighted by atomic mass is 10.0. The van der Waals surface area contributed by atoms with Crippen molar-refractivity contribution in [1.29, 1.82) is 0 Å². The molecule has 6 rings (SSSR count). The number of fused-ring (bicyclic) bond motifs is 1. The molecule has 10 heteroatoms. The third kappa shape index (κ3) is 5.31. The summed E-state index contributed by atoms with van der Waals surface area (Å²) in [4.78, 5) is 36.2. The molecule has 0 radical (unpaired) electrons. The van der Waals surface area contributed by atoms with Crippen molar-refractivity contribution in [2.24, 2.45) is 0 Å². The number of amides is 1. The van der Waals surface area contributed by atoms with Crippen molar-refractivity contribution in [3.8, 4) is 22.9 Å². The van der Waals surface area contributed by atoms with Crippen molar-refractivity contribution in [1.82, 2.24) is 24.6 Å². The molecular weight excluding hydrogens is 520 g/mol. The molecule has 0 aliphatic carbocycles. The highest BCUT2D eigenvalue weighted by atomic mass is 16.5. The Balaban J connectivity index is 1.23. The summed E-state index contributed by atoms with van der Waals surface area (Å²) in [6, 6.07) is 23.5. The zero-order valence-corrected chi connectivity index (χ0v) is 22.4. The first-order valence-electron chi connectivity index (χ1n) is 13.3. The summed E-state index contributed by atoms with van der Waals surface area (Å²) >= 11 is 0. The quantitative estimate of drug-likeness (QED) is 0.290. The molecule has 0 bridgehead atoms. The molecule has 1 saturated heterocycles. The van der Waals surface area contributed by atoms with Gasteiger partial charge in [0.05, 0.1) is 30.3 Å². The second-order valence-electron chi connectivity index (χ2n) is 9.81. The number of ether oxygens (including phenoxy) is 2. The van der Waals surface area contributed by atoms with Gasteiger partial charge in [-0.1, -0.05) is 18.2 Å². The smallest absolute Gasteiger partial charge is 0.337 e. The maximum Gasteiger partial charge on any atom is 0.337 e. The molecule has 0 saturated carbocycles. The van der Waals surface area contributed by atoms with Crippen LogP contribution in [0.4, 0.5) is 5.82 Å². The minimum atomic E-state index is -0.440. The number of anilines is 1. The van der Waals surface area contributed by atoms with E-state index in [0.717, 1.165) is 24.2 Å². The molecule has 0 unspecified atom stereocenters. The summed E-state index contributed by atoms with van der Waals surface area (Å²) in [6.45, 7) is 1.10. The third-order valence-electron chi connectivity index (χ3n) is 7.16. The fourth-order valence-electron chi connectivity index (χ4n) is 5.03. The number of aromatic nitrogens is 4. The van der Waals surface area contributed by atoms with Crippen LogP contribution in [-0.2, 0) is 4.74 Å². The van der Waals surface area contributed by atoms with E-state index in [1.807, 2.05) is 64.2 Å². The first-order valence-corrected chi connectivity index (χ1v) is 13.3. The Labute approximate surface area is 236 Å². The monoisotopic (exact) mass is 548 g/mol. The van der Waals surface area contributed by atoms with E-state index >= 15 is 0 Å². The number of esters is 1. The van der Waals surface area contributed by atoms with Gasteiger partial charge in [0.25, 0.3) is 5.91 Å². The second kappa shape index (κ2) is 11.1. The molecule has 1 aliphatic heterocycles. The predicted molar refractivity (Wildman–Crippen MR) is 154 cm³/mol. The Hall–Kier alpha value is -5.25. The second-order valence-corrected chi connectivity index (χ2v) is 9.81. The van der Waals surface area contributed by atoms with Crippen molar-refractivity contribution in [3.05, 3.63) is 96.2 Å². The number of nitrogen functional groups attached to an aromatic ring is 1. The molecule has 2 N–H and O–H groups in total. The van der Waals surface area contributed by atoms with Crippen LogP contribution >= 0.6 is 0 Å². The van der Waals surface area contributed by atoms with Crippen LogP contribution in [0.2, 0.25) is 0 Å². The van der Waals surface area contributed by atoms with Gasteiger partial charge in [-0.25, -0.2) is 19.4 Å². The average Bonchev–Trinajstić information content (AvgIpc) is 3.46. The fourth-order valence-corrected chi connectivity index (χ4v) is 5.03. The van der Waals surface area contributed by atoms with Gasteiger partial charge in [0, 0.05) is 24.2 Å². The van der Waals surface area contributed by atoms with Gasteiger partial charge in [0.1, 0.15) is 17.3 Å². The topological polar surface area (TPSA) is 125 Å². The number of para-hydroxylation sites is 1. The van der Waals surface area contributed by atoms with Gasteiger partial charge >= 0.3 is 5.97 Å². The number of likely N-dealkylation sites (tertiary alicyclic amines) is 1. The Morgan fingerprint density at radius 2 is 1.61 bits per heavy atom. The van der Waals surface area contributed by atoms with Gasteiger partial charge < -0.3 is 20.1 Å². The molecule has 1 atom stereocenters. The maximum atomic E-state index is 13.3. The summed E-state index contributed by atoms with van der Waals surface area (Å²) in [5.74, 6) is 1.74. The third-order valence-corrected chi connectivity index (χ3v) is 7.16. The van der Waals surface area contributed by atoms with Crippen molar-refractivity contribution >= 4 is 28.7 Å². The molecule has 1 amide bonds. The van der Waals surface area contributed by atoms with Crippen molar-refractivity contribution < 1.29 is 19.1 Å². The van der Waals surface area contributed by atoms with Gasteiger partial charge in [-0.15, -0.1) is 0 Å².